The molecule has 1 aliphatic rings. The van der Waals surface area contributed by atoms with Gasteiger partial charge in [0.25, 0.3) is 5.91 Å². The number of ether oxygens (including phenoxy) is 1. The minimum Gasteiger partial charge on any atom is -0.496 e. The van der Waals surface area contributed by atoms with Crippen LogP contribution in [0.3, 0.4) is 0 Å². The van der Waals surface area contributed by atoms with Gasteiger partial charge >= 0.3 is 6.09 Å². The summed E-state index contributed by atoms with van der Waals surface area (Å²) in [5, 5.41) is 9.20. The molecule has 1 aromatic heterocycles. The van der Waals surface area contributed by atoms with Gasteiger partial charge in [0.2, 0.25) is 0 Å². The summed E-state index contributed by atoms with van der Waals surface area (Å²) in [4.78, 5) is 29.5. The maximum Gasteiger partial charge on any atom is 0.407 e. The van der Waals surface area contributed by atoms with Crippen molar-refractivity contribution in [1.29, 1.82) is 0 Å². The SMILES string of the molecule is COc1ccc(-c2cccc(S(C)=O)c2)cc1CN(C(=O)c1sc2c(F)ccc(F)c2c1Cl)C1CCC(N(C)C(=O)O)CC1. The molecule has 0 aliphatic heterocycles. The Labute approximate surface area is 265 Å². The number of rotatable bonds is 8. The first-order valence-electron chi connectivity index (χ1n) is 13.9. The van der Waals surface area contributed by atoms with E-state index in [2.05, 4.69) is 0 Å². The Bertz CT molecular complexity index is 1760. The summed E-state index contributed by atoms with van der Waals surface area (Å²) in [7, 11) is 1.90. The average Bonchev–Trinajstić information content (AvgIpc) is 3.39. The summed E-state index contributed by atoms with van der Waals surface area (Å²) in [5.41, 5.74) is 2.37. The van der Waals surface area contributed by atoms with E-state index in [0.29, 0.717) is 41.9 Å². The molecule has 0 bridgehead atoms. The van der Waals surface area contributed by atoms with Crippen molar-refractivity contribution in [2.24, 2.45) is 0 Å². The molecule has 1 heterocycles. The van der Waals surface area contributed by atoms with E-state index in [1.165, 1.54) is 19.1 Å². The first-order chi connectivity index (χ1) is 21.0. The van der Waals surface area contributed by atoms with E-state index in [0.717, 1.165) is 34.6 Å². The number of halogens is 3. The number of thiophene rings is 1. The fourth-order valence-electron chi connectivity index (χ4n) is 5.77. The van der Waals surface area contributed by atoms with Crippen molar-refractivity contribution in [3.8, 4) is 16.9 Å². The van der Waals surface area contributed by atoms with Gasteiger partial charge in [-0.05, 0) is 73.2 Å². The van der Waals surface area contributed by atoms with Crippen LogP contribution in [0.15, 0.2) is 59.5 Å². The van der Waals surface area contributed by atoms with Gasteiger partial charge in [-0.15, -0.1) is 11.3 Å². The van der Waals surface area contributed by atoms with Crippen LogP contribution < -0.4 is 4.74 Å². The summed E-state index contributed by atoms with van der Waals surface area (Å²) in [6.45, 7) is 0.106. The highest BCUT2D eigenvalue weighted by molar-refractivity contribution is 7.84. The minimum absolute atomic E-state index is 0.0298. The van der Waals surface area contributed by atoms with Crippen LogP contribution in [-0.2, 0) is 17.3 Å². The molecule has 12 heteroatoms. The van der Waals surface area contributed by atoms with E-state index in [1.807, 2.05) is 30.3 Å². The average molecular weight is 661 g/mol. The highest BCUT2D eigenvalue weighted by atomic mass is 35.5. The van der Waals surface area contributed by atoms with Crippen LogP contribution in [0.4, 0.5) is 13.6 Å². The van der Waals surface area contributed by atoms with E-state index >= 15 is 0 Å². The quantitative estimate of drug-likeness (QED) is 0.208. The van der Waals surface area contributed by atoms with Crippen LogP contribution in [-0.4, -0.2) is 63.6 Å². The first-order valence-corrected chi connectivity index (χ1v) is 16.7. The third-order valence-electron chi connectivity index (χ3n) is 8.21. The summed E-state index contributed by atoms with van der Waals surface area (Å²) in [6, 6.07) is 14.5. The van der Waals surface area contributed by atoms with E-state index < -0.39 is 34.4 Å². The minimum atomic E-state index is -1.17. The second-order valence-electron chi connectivity index (χ2n) is 10.8. The number of methoxy groups -OCH3 is 1. The van der Waals surface area contributed by atoms with Crippen LogP contribution in [0.1, 0.15) is 40.9 Å². The van der Waals surface area contributed by atoms with Gasteiger partial charge in [-0.25, -0.2) is 13.6 Å². The largest absolute Gasteiger partial charge is 0.496 e. The molecule has 5 rings (SSSR count). The van der Waals surface area contributed by atoms with Gasteiger partial charge in [-0.3, -0.25) is 9.00 Å². The number of hydrogen-bond donors (Lipinski definition) is 1. The summed E-state index contributed by atoms with van der Waals surface area (Å²) in [5.74, 6) is -1.31. The molecule has 0 saturated heterocycles. The molecule has 4 aromatic rings. The molecule has 1 fully saturated rings. The van der Waals surface area contributed by atoms with Crippen molar-refractivity contribution in [2.45, 2.75) is 49.2 Å². The predicted molar refractivity (Wildman–Crippen MR) is 169 cm³/mol. The summed E-state index contributed by atoms with van der Waals surface area (Å²) in [6.07, 6.45) is 2.72. The zero-order valence-corrected chi connectivity index (χ0v) is 26.7. The molecule has 0 spiro atoms. The third-order valence-corrected chi connectivity index (χ3v) is 10.8. The first kappa shape index (κ1) is 31.9. The molecule has 1 aliphatic carbocycles. The molecule has 1 saturated carbocycles. The van der Waals surface area contributed by atoms with Gasteiger partial charge in [-0.2, -0.15) is 0 Å². The maximum absolute atomic E-state index is 14.7. The molecule has 1 N–H and O–H groups in total. The number of benzene rings is 3. The molecule has 44 heavy (non-hydrogen) atoms. The number of carboxylic acid groups (broad SMARTS) is 1. The normalized spacial score (nSPS) is 17.3. The van der Waals surface area contributed by atoms with Crippen molar-refractivity contribution in [3.63, 3.8) is 0 Å². The third kappa shape index (κ3) is 6.31. The maximum atomic E-state index is 14.7. The fourth-order valence-corrected chi connectivity index (χ4v) is 7.83. The lowest BCUT2D eigenvalue weighted by atomic mass is 9.89. The number of hydrogen-bond acceptors (Lipinski definition) is 5. The Kier molecular flexibility index (Phi) is 9.57. The van der Waals surface area contributed by atoms with Crippen LogP contribution in [0.5, 0.6) is 5.75 Å². The van der Waals surface area contributed by atoms with Crippen LogP contribution >= 0.6 is 22.9 Å². The molecule has 2 amide bonds. The predicted octanol–water partition coefficient (Wildman–Crippen LogP) is 7.81. The van der Waals surface area contributed by atoms with E-state index in [-0.39, 0.29) is 38.6 Å². The van der Waals surface area contributed by atoms with Crippen LogP contribution in [0.25, 0.3) is 21.2 Å². The van der Waals surface area contributed by atoms with E-state index in [4.69, 9.17) is 16.3 Å². The van der Waals surface area contributed by atoms with Crippen molar-refractivity contribution < 1.29 is 32.4 Å². The molecular weight excluding hydrogens is 630 g/mol. The van der Waals surface area contributed by atoms with Gasteiger partial charge in [0, 0.05) is 53.2 Å². The second kappa shape index (κ2) is 13.2. The molecule has 1 atom stereocenters. The van der Waals surface area contributed by atoms with Gasteiger partial charge in [-0.1, -0.05) is 29.8 Å². The Morgan fingerprint density at radius 3 is 2.32 bits per heavy atom. The highest BCUT2D eigenvalue weighted by Gasteiger charge is 2.35. The molecule has 232 valence electrons. The molecule has 7 nitrogen and oxygen atoms in total. The number of carbonyl (C=O) groups excluding carboxylic acids is 1. The Morgan fingerprint density at radius 1 is 1.02 bits per heavy atom. The number of carbonyl (C=O) groups is 2. The van der Waals surface area contributed by atoms with Gasteiger partial charge in [0.05, 0.1) is 22.2 Å². The lowest BCUT2D eigenvalue weighted by Crippen LogP contribution is -2.46. The number of fused-ring (bicyclic) bond motifs is 1. The second-order valence-corrected chi connectivity index (χ2v) is 13.6. The lowest BCUT2D eigenvalue weighted by molar-refractivity contribution is 0.0555. The Balaban J connectivity index is 1.55. The Hall–Kier alpha value is -3.54. The Morgan fingerprint density at radius 2 is 1.68 bits per heavy atom. The monoisotopic (exact) mass is 660 g/mol. The van der Waals surface area contributed by atoms with Gasteiger partial charge in [0.1, 0.15) is 22.3 Å². The molecular formula is C32H31ClF2N2O5S2. The molecule has 0 radical (unpaired) electrons. The summed E-state index contributed by atoms with van der Waals surface area (Å²) >= 11 is 7.37. The molecule has 3 aromatic carbocycles. The van der Waals surface area contributed by atoms with E-state index in [1.54, 1.807) is 23.3 Å². The van der Waals surface area contributed by atoms with Crippen LogP contribution in [0, 0.1) is 11.6 Å². The highest BCUT2D eigenvalue weighted by Crippen LogP contribution is 2.41. The zero-order valence-electron chi connectivity index (χ0n) is 24.3. The van der Waals surface area contributed by atoms with Crippen molar-refractivity contribution in [3.05, 3.63) is 81.7 Å². The molecule has 1 unspecified atom stereocenters. The zero-order chi connectivity index (χ0) is 31.7. The standard InChI is InChI=1S/C32H31ClF2N2O5S2/c1-36(32(39)40)21-8-10-22(11-9-21)37(31(38)30-28(33)27-24(34)12-13-25(35)29(27)43-30)17-20-15-19(7-14-26(20)42-2)18-5-4-6-23(16-18)44(3)41/h4-7,12-16,21-22H,8-11,17H2,1-3H3,(H,39,40). The van der Waals surface area contributed by atoms with E-state index in [9.17, 15) is 27.7 Å². The lowest BCUT2D eigenvalue weighted by Gasteiger charge is -2.39. The summed E-state index contributed by atoms with van der Waals surface area (Å²) < 4.78 is 47.1. The van der Waals surface area contributed by atoms with Crippen molar-refractivity contribution >= 4 is 55.8 Å². The van der Waals surface area contributed by atoms with Crippen molar-refractivity contribution in [2.75, 3.05) is 20.4 Å². The number of amides is 2. The smallest absolute Gasteiger partial charge is 0.407 e. The van der Waals surface area contributed by atoms with Gasteiger partial charge in [0.15, 0.2) is 0 Å². The van der Waals surface area contributed by atoms with Gasteiger partial charge < -0.3 is 19.6 Å². The fraction of sp³-hybridized carbons (Fsp3) is 0.312. The van der Waals surface area contributed by atoms with Crippen molar-refractivity contribution in [1.82, 2.24) is 9.80 Å². The van der Waals surface area contributed by atoms with Crippen LogP contribution in [0.2, 0.25) is 5.02 Å². The topological polar surface area (TPSA) is 87.2 Å². The number of nitrogens with zero attached hydrogens (tertiary/aromatic N) is 2.